The summed E-state index contributed by atoms with van der Waals surface area (Å²) in [6.45, 7) is 0. The van der Waals surface area contributed by atoms with Crippen molar-refractivity contribution in [2.75, 3.05) is 4.90 Å². The predicted molar refractivity (Wildman–Crippen MR) is 268 cm³/mol. The van der Waals surface area contributed by atoms with Crippen LogP contribution in [0.15, 0.2) is 152 Å². The highest BCUT2D eigenvalue weighted by atomic mass is 32.1. The molecule has 260 valence electrons. The van der Waals surface area contributed by atoms with Crippen LogP contribution in [0.5, 0.6) is 0 Å². The van der Waals surface area contributed by atoms with E-state index >= 15 is 0 Å². The van der Waals surface area contributed by atoms with Gasteiger partial charge in [-0.1, -0.05) is 177 Å². The number of rotatable bonds is 6. The molecule has 0 spiro atoms. The third kappa shape index (κ3) is 5.94. The van der Waals surface area contributed by atoms with Gasteiger partial charge in [0.15, 0.2) is 0 Å². The van der Waals surface area contributed by atoms with Crippen molar-refractivity contribution in [3.8, 4) is 33.4 Å². The van der Waals surface area contributed by atoms with Crippen molar-refractivity contribution in [3.63, 3.8) is 0 Å². The number of hydrogen-bond donors (Lipinski definition) is 0. The number of anilines is 3. The Morgan fingerprint density at radius 1 is 0.350 bits per heavy atom. The van der Waals surface area contributed by atoms with Crippen LogP contribution in [0.25, 0.3) is 75.1 Å². The third-order valence-electron chi connectivity index (χ3n) is 11.6. The lowest BCUT2D eigenvalue weighted by Gasteiger charge is -2.37. The van der Waals surface area contributed by atoms with E-state index < -0.39 is 0 Å². The summed E-state index contributed by atoms with van der Waals surface area (Å²) in [5, 5.41) is 6.30. The van der Waals surface area contributed by atoms with Crippen molar-refractivity contribution in [2.45, 2.75) is 0 Å². The van der Waals surface area contributed by atoms with Crippen LogP contribution in [0.4, 0.5) is 17.1 Å². The van der Waals surface area contributed by atoms with Gasteiger partial charge in [0.25, 0.3) is 0 Å². The lowest BCUT2D eigenvalue weighted by molar-refractivity contribution is 1.33. The maximum atomic E-state index is 7.19. The number of nitrogens with zero attached hydrogens (tertiary/aromatic N) is 1. The fraction of sp³-hybridized carbons (Fsp3) is 0. The smallest absolute Gasteiger partial charge is 0.115 e. The molecule has 0 unspecified atom stereocenters. The van der Waals surface area contributed by atoms with E-state index in [1.54, 1.807) is 16.2 Å². The standard InChI is InChI=1S/C50H25B8NS/c51-40-38(34-21-8-13-26-11-1-3-17-30(26)34)41(52)45(56)48(44(40)55)59(29-16-7-15-28(25-29)32-20-10-23-36-33-19-5-6-24-37(33)60-50(32)36)49-46(57)42(53)39(43(54)47(49)58)35-22-9-14-27-12-2-4-18-31(27)35/h1-25H. The first-order valence-corrected chi connectivity index (χ1v) is 20.2. The SMILES string of the molecule is [B]c1c([B])c(N(c2cccc(-c3cccc4c3sc3ccccc34)c2)c2c([B])c([B])c(-c3cccc4ccccc34)c([B])c2[B])c([B])c([B])c1-c1cccc2ccccc12. The highest BCUT2D eigenvalue weighted by molar-refractivity contribution is 7.26. The molecule has 60 heavy (non-hydrogen) atoms. The highest BCUT2D eigenvalue weighted by Gasteiger charge is 2.27. The molecule has 0 aliphatic carbocycles. The van der Waals surface area contributed by atoms with Crippen LogP contribution in [-0.4, -0.2) is 62.8 Å². The largest absolute Gasteiger partial charge is 0.313 e. The summed E-state index contributed by atoms with van der Waals surface area (Å²) in [6, 6.07) is 50.7. The molecule has 16 radical (unpaired) electrons. The van der Waals surface area contributed by atoms with E-state index in [0.717, 1.165) is 48.5 Å². The normalized spacial score (nSPS) is 11.5. The zero-order chi connectivity index (χ0) is 41.4. The molecule has 10 aromatic rings. The minimum absolute atomic E-state index is 0.177. The van der Waals surface area contributed by atoms with E-state index in [4.69, 9.17) is 62.8 Å². The molecule has 0 fully saturated rings. The topological polar surface area (TPSA) is 3.24 Å². The fourth-order valence-corrected chi connectivity index (χ4v) is 9.97. The average molecular weight is 758 g/mol. The number of benzene rings is 9. The molecule has 0 amide bonds. The number of fused-ring (bicyclic) bond motifs is 5. The van der Waals surface area contributed by atoms with Gasteiger partial charge >= 0.3 is 0 Å². The van der Waals surface area contributed by atoms with Gasteiger partial charge in [-0.2, -0.15) is 0 Å². The zero-order valence-electron chi connectivity index (χ0n) is 32.4. The van der Waals surface area contributed by atoms with Crippen molar-refractivity contribution in [2.24, 2.45) is 0 Å². The first-order valence-electron chi connectivity index (χ1n) is 19.4. The number of thiophene rings is 1. The van der Waals surface area contributed by atoms with E-state index in [9.17, 15) is 0 Å². The van der Waals surface area contributed by atoms with Crippen LogP contribution >= 0.6 is 11.3 Å². The monoisotopic (exact) mass is 759 g/mol. The van der Waals surface area contributed by atoms with Crippen molar-refractivity contribution < 1.29 is 0 Å². The fourth-order valence-electron chi connectivity index (χ4n) is 8.74. The lowest BCUT2D eigenvalue weighted by Crippen LogP contribution is -2.50. The maximum absolute atomic E-state index is 7.19. The van der Waals surface area contributed by atoms with E-state index in [1.807, 2.05) is 103 Å². The van der Waals surface area contributed by atoms with Crippen molar-refractivity contribution in [1.82, 2.24) is 0 Å². The number of hydrogen-bond acceptors (Lipinski definition) is 2. The van der Waals surface area contributed by atoms with Gasteiger partial charge in [-0.05, 0) is 73.1 Å². The van der Waals surface area contributed by atoms with Gasteiger partial charge in [0, 0.05) is 37.2 Å². The van der Waals surface area contributed by atoms with Gasteiger partial charge < -0.3 is 4.90 Å². The summed E-state index contributed by atoms with van der Waals surface area (Å²) in [6.07, 6.45) is 0. The Labute approximate surface area is 364 Å². The summed E-state index contributed by atoms with van der Waals surface area (Å²) >= 11 is 1.75. The van der Waals surface area contributed by atoms with Crippen LogP contribution in [0.3, 0.4) is 0 Å². The molecule has 1 aromatic heterocycles. The van der Waals surface area contributed by atoms with Gasteiger partial charge in [-0.25, -0.2) is 0 Å². The summed E-state index contributed by atoms with van der Waals surface area (Å²) in [4.78, 5) is 1.79. The molecular weight excluding hydrogens is 733 g/mol. The molecule has 0 atom stereocenters. The van der Waals surface area contributed by atoms with Crippen LogP contribution in [0.2, 0.25) is 0 Å². The van der Waals surface area contributed by atoms with Gasteiger partial charge in [0.2, 0.25) is 0 Å². The highest BCUT2D eigenvalue weighted by Crippen LogP contribution is 2.42. The molecule has 10 rings (SSSR count). The molecule has 0 bridgehead atoms. The molecular formula is C50H25B8NS. The van der Waals surface area contributed by atoms with Gasteiger partial charge in [-0.15, -0.1) is 11.3 Å². The molecule has 9 aromatic carbocycles. The minimum atomic E-state index is 0.177. The summed E-state index contributed by atoms with van der Waals surface area (Å²) < 4.78 is 2.36. The Morgan fingerprint density at radius 3 is 1.32 bits per heavy atom. The quantitative estimate of drug-likeness (QED) is 0.212. The Balaban J connectivity index is 1.25. The predicted octanol–water partition coefficient (Wildman–Crippen LogP) is 5.18. The van der Waals surface area contributed by atoms with E-state index in [2.05, 4.69) is 48.5 Å². The van der Waals surface area contributed by atoms with E-state index in [1.165, 1.54) is 15.5 Å². The molecule has 1 nitrogen and oxygen atoms in total. The molecule has 1 heterocycles. The lowest BCUT2D eigenvalue weighted by atomic mass is 9.62. The summed E-state index contributed by atoms with van der Waals surface area (Å²) in [5.41, 5.74) is 7.53. The van der Waals surface area contributed by atoms with Gasteiger partial charge in [0.05, 0.1) is 0 Å². The van der Waals surface area contributed by atoms with Crippen molar-refractivity contribution >= 4 is 177 Å². The molecule has 0 saturated heterocycles. The van der Waals surface area contributed by atoms with E-state index in [0.29, 0.717) is 28.2 Å². The minimum Gasteiger partial charge on any atom is -0.313 e. The Hall–Kier alpha value is -5.96. The zero-order valence-corrected chi connectivity index (χ0v) is 33.2. The van der Waals surface area contributed by atoms with Crippen LogP contribution < -0.4 is 48.6 Å². The molecule has 0 saturated carbocycles. The van der Waals surface area contributed by atoms with Gasteiger partial charge in [-0.3, -0.25) is 0 Å². The second-order valence-electron chi connectivity index (χ2n) is 15.0. The molecule has 0 aliphatic heterocycles. The first-order chi connectivity index (χ1) is 29.1. The Morgan fingerprint density at radius 2 is 0.767 bits per heavy atom. The molecule has 0 aliphatic rings. The van der Waals surface area contributed by atoms with Crippen molar-refractivity contribution in [1.29, 1.82) is 0 Å². The second kappa shape index (κ2) is 14.9. The Kier molecular flexibility index (Phi) is 9.53. The molecule has 10 heteroatoms. The Bertz CT molecular complexity index is 3180. The molecule has 0 N–H and O–H groups in total. The first kappa shape index (κ1) is 38.3. The van der Waals surface area contributed by atoms with Crippen LogP contribution in [0.1, 0.15) is 0 Å². The second-order valence-corrected chi connectivity index (χ2v) is 16.0. The van der Waals surface area contributed by atoms with Crippen molar-refractivity contribution in [3.05, 3.63) is 152 Å². The summed E-state index contributed by atoms with van der Waals surface area (Å²) in [5.74, 6) is 0. The summed E-state index contributed by atoms with van der Waals surface area (Å²) in [7, 11) is 57.1. The van der Waals surface area contributed by atoms with Crippen LogP contribution in [-0.2, 0) is 0 Å². The average Bonchev–Trinajstić information content (AvgIpc) is 3.67. The van der Waals surface area contributed by atoms with Crippen LogP contribution in [0, 0.1) is 0 Å². The third-order valence-corrected chi connectivity index (χ3v) is 12.9. The maximum Gasteiger partial charge on any atom is 0.115 e. The van der Waals surface area contributed by atoms with Gasteiger partial charge in [0.1, 0.15) is 62.8 Å². The van der Waals surface area contributed by atoms with E-state index in [-0.39, 0.29) is 43.7 Å².